The number of primary sulfonamides is 1. The highest BCUT2D eigenvalue weighted by atomic mass is 32.2. The number of hydrogen-bond acceptors (Lipinski definition) is 4. The summed E-state index contributed by atoms with van der Waals surface area (Å²) in [4.78, 5) is 0.119. The van der Waals surface area contributed by atoms with Crippen LogP contribution in [0.15, 0.2) is 47.4 Å². The summed E-state index contributed by atoms with van der Waals surface area (Å²) in [6.07, 6.45) is 0. The molecule has 0 fully saturated rings. The molecule has 0 aliphatic heterocycles. The van der Waals surface area contributed by atoms with E-state index in [2.05, 4.69) is 5.32 Å². The standard InChI is InChI=1S/C14H16N2O3S/c1-10-13(3-2-4-14(10)20(15,18)19)16-9-11-5-7-12(17)8-6-11/h2-8,16-17H,9H2,1H3,(H2,15,18,19). The second kappa shape index (κ2) is 5.52. The Bertz CT molecular complexity index is 710. The minimum absolute atomic E-state index is 0.119. The van der Waals surface area contributed by atoms with Crippen LogP contribution in [0.4, 0.5) is 5.69 Å². The van der Waals surface area contributed by atoms with Crippen molar-refractivity contribution in [3.05, 3.63) is 53.6 Å². The highest BCUT2D eigenvalue weighted by Crippen LogP contribution is 2.22. The number of sulfonamides is 1. The van der Waals surface area contributed by atoms with Gasteiger partial charge >= 0.3 is 0 Å². The number of anilines is 1. The maximum atomic E-state index is 11.4. The number of phenols is 1. The van der Waals surface area contributed by atoms with Crippen molar-refractivity contribution in [1.29, 1.82) is 0 Å². The summed E-state index contributed by atoms with van der Waals surface area (Å²) in [6, 6.07) is 11.7. The molecule has 106 valence electrons. The molecule has 0 bridgehead atoms. The summed E-state index contributed by atoms with van der Waals surface area (Å²) in [5.41, 5.74) is 2.28. The van der Waals surface area contributed by atoms with Crippen LogP contribution in [-0.4, -0.2) is 13.5 Å². The van der Waals surface area contributed by atoms with Gasteiger partial charge in [0, 0.05) is 12.2 Å². The van der Waals surface area contributed by atoms with Gasteiger partial charge < -0.3 is 10.4 Å². The highest BCUT2D eigenvalue weighted by molar-refractivity contribution is 7.89. The first-order valence-corrected chi connectivity index (χ1v) is 7.57. The molecule has 4 N–H and O–H groups in total. The lowest BCUT2D eigenvalue weighted by atomic mass is 10.1. The summed E-state index contributed by atoms with van der Waals surface area (Å²) in [7, 11) is -3.72. The number of benzene rings is 2. The zero-order chi connectivity index (χ0) is 14.8. The minimum atomic E-state index is -3.72. The zero-order valence-corrected chi connectivity index (χ0v) is 11.8. The van der Waals surface area contributed by atoms with Crippen molar-refractivity contribution in [3.8, 4) is 5.75 Å². The number of rotatable bonds is 4. The Labute approximate surface area is 118 Å². The van der Waals surface area contributed by atoms with Crippen LogP contribution in [0.2, 0.25) is 0 Å². The molecule has 0 amide bonds. The molecule has 0 heterocycles. The fourth-order valence-electron chi connectivity index (χ4n) is 1.93. The monoisotopic (exact) mass is 292 g/mol. The maximum Gasteiger partial charge on any atom is 0.238 e. The molecular weight excluding hydrogens is 276 g/mol. The second-order valence-corrected chi connectivity index (χ2v) is 6.02. The van der Waals surface area contributed by atoms with Crippen molar-refractivity contribution in [2.75, 3.05) is 5.32 Å². The molecule has 6 heteroatoms. The Morgan fingerprint density at radius 2 is 1.80 bits per heavy atom. The Balaban J connectivity index is 2.20. The Morgan fingerprint density at radius 3 is 2.40 bits per heavy atom. The average molecular weight is 292 g/mol. The summed E-state index contributed by atoms with van der Waals surface area (Å²) in [5, 5.41) is 17.5. The number of nitrogens with two attached hydrogens (primary N) is 1. The van der Waals surface area contributed by atoms with E-state index in [1.165, 1.54) is 6.07 Å². The molecule has 2 aromatic carbocycles. The van der Waals surface area contributed by atoms with E-state index in [1.807, 2.05) is 0 Å². The average Bonchev–Trinajstić information content (AvgIpc) is 2.38. The van der Waals surface area contributed by atoms with Crippen LogP contribution in [0.25, 0.3) is 0 Å². The van der Waals surface area contributed by atoms with Crippen LogP contribution < -0.4 is 10.5 Å². The van der Waals surface area contributed by atoms with E-state index < -0.39 is 10.0 Å². The first kappa shape index (κ1) is 14.4. The van der Waals surface area contributed by atoms with Crippen molar-refractivity contribution >= 4 is 15.7 Å². The molecule has 20 heavy (non-hydrogen) atoms. The van der Waals surface area contributed by atoms with Gasteiger partial charge in [-0.3, -0.25) is 0 Å². The van der Waals surface area contributed by atoms with Crippen molar-refractivity contribution < 1.29 is 13.5 Å². The third-order valence-electron chi connectivity index (χ3n) is 3.01. The predicted molar refractivity (Wildman–Crippen MR) is 78.0 cm³/mol. The van der Waals surface area contributed by atoms with E-state index in [1.54, 1.807) is 43.3 Å². The van der Waals surface area contributed by atoms with E-state index in [4.69, 9.17) is 5.14 Å². The first-order valence-electron chi connectivity index (χ1n) is 6.02. The first-order chi connectivity index (χ1) is 9.38. The van der Waals surface area contributed by atoms with E-state index in [0.29, 0.717) is 17.8 Å². The van der Waals surface area contributed by atoms with E-state index in [9.17, 15) is 13.5 Å². The fourth-order valence-corrected chi connectivity index (χ4v) is 2.73. The van der Waals surface area contributed by atoms with E-state index in [0.717, 1.165) is 5.56 Å². The number of hydrogen-bond donors (Lipinski definition) is 3. The van der Waals surface area contributed by atoms with Gasteiger partial charge in [0.25, 0.3) is 0 Å². The number of nitrogens with one attached hydrogen (secondary N) is 1. The van der Waals surface area contributed by atoms with Crippen LogP contribution in [0, 0.1) is 6.92 Å². The van der Waals surface area contributed by atoms with Crippen molar-refractivity contribution in [1.82, 2.24) is 0 Å². The van der Waals surface area contributed by atoms with Gasteiger partial charge in [-0.2, -0.15) is 0 Å². The zero-order valence-electron chi connectivity index (χ0n) is 11.0. The van der Waals surface area contributed by atoms with Crippen LogP contribution in [-0.2, 0) is 16.6 Å². The fraction of sp³-hybridized carbons (Fsp3) is 0.143. The molecule has 5 nitrogen and oxygen atoms in total. The SMILES string of the molecule is Cc1c(NCc2ccc(O)cc2)cccc1S(N)(=O)=O. The Hall–Kier alpha value is -2.05. The molecule has 0 aliphatic carbocycles. The topological polar surface area (TPSA) is 92.4 Å². The third kappa shape index (κ3) is 3.28. The van der Waals surface area contributed by atoms with Gasteiger partial charge in [0.15, 0.2) is 0 Å². The van der Waals surface area contributed by atoms with Gasteiger partial charge in [-0.1, -0.05) is 18.2 Å². The molecule has 0 radical (unpaired) electrons. The molecule has 0 atom stereocenters. The Morgan fingerprint density at radius 1 is 1.15 bits per heavy atom. The van der Waals surface area contributed by atoms with Crippen molar-refractivity contribution in [3.63, 3.8) is 0 Å². The normalized spacial score (nSPS) is 11.3. The van der Waals surface area contributed by atoms with Crippen LogP contribution in [0.5, 0.6) is 5.75 Å². The lowest BCUT2D eigenvalue weighted by molar-refractivity contribution is 0.475. The molecule has 0 aromatic heterocycles. The van der Waals surface area contributed by atoms with Gasteiger partial charge in [0.05, 0.1) is 4.90 Å². The molecule has 0 unspecified atom stereocenters. The van der Waals surface area contributed by atoms with E-state index in [-0.39, 0.29) is 10.6 Å². The van der Waals surface area contributed by atoms with Gasteiger partial charge in [-0.05, 0) is 42.3 Å². The molecule has 2 aromatic rings. The van der Waals surface area contributed by atoms with Crippen LogP contribution in [0.3, 0.4) is 0 Å². The predicted octanol–water partition coefficient (Wildman–Crippen LogP) is 1.96. The van der Waals surface area contributed by atoms with Gasteiger partial charge in [0.2, 0.25) is 10.0 Å². The molecular formula is C14H16N2O3S. The van der Waals surface area contributed by atoms with Gasteiger partial charge in [-0.15, -0.1) is 0 Å². The Kier molecular flexibility index (Phi) is 3.96. The minimum Gasteiger partial charge on any atom is -0.508 e. The lowest BCUT2D eigenvalue weighted by Crippen LogP contribution is -2.14. The quantitative estimate of drug-likeness (QED) is 0.803. The maximum absolute atomic E-state index is 11.4. The third-order valence-corrected chi connectivity index (χ3v) is 4.07. The highest BCUT2D eigenvalue weighted by Gasteiger charge is 2.13. The lowest BCUT2D eigenvalue weighted by Gasteiger charge is -2.12. The summed E-state index contributed by atoms with van der Waals surface area (Å²) < 4.78 is 22.9. The van der Waals surface area contributed by atoms with Gasteiger partial charge in [-0.25, -0.2) is 13.6 Å². The largest absolute Gasteiger partial charge is 0.508 e. The van der Waals surface area contributed by atoms with Gasteiger partial charge in [0.1, 0.15) is 5.75 Å². The number of phenolic OH excluding ortho intramolecular Hbond substituents is 1. The summed E-state index contributed by atoms with van der Waals surface area (Å²) >= 11 is 0. The summed E-state index contributed by atoms with van der Waals surface area (Å²) in [6.45, 7) is 2.23. The second-order valence-electron chi connectivity index (χ2n) is 4.49. The molecule has 2 rings (SSSR count). The number of aromatic hydroxyl groups is 1. The van der Waals surface area contributed by atoms with Crippen molar-refractivity contribution in [2.45, 2.75) is 18.4 Å². The molecule has 0 saturated carbocycles. The molecule has 0 saturated heterocycles. The van der Waals surface area contributed by atoms with Crippen LogP contribution >= 0.6 is 0 Å². The molecule has 0 aliphatic rings. The van der Waals surface area contributed by atoms with Crippen LogP contribution in [0.1, 0.15) is 11.1 Å². The smallest absolute Gasteiger partial charge is 0.238 e. The molecule has 0 spiro atoms. The van der Waals surface area contributed by atoms with Crippen molar-refractivity contribution in [2.24, 2.45) is 5.14 Å². The van der Waals surface area contributed by atoms with E-state index >= 15 is 0 Å². The summed E-state index contributed by atoms with van der Waals surface area (Å²) in [5.74, 6) is 0.209.